The third kappa shape index (κ3) is 4.41. The van der Waals surface area contributed by atoms with E-state index in [4.69, 9.17) is 11.6 Å². The summed E-state index contributed by atoms with van der Waals surface area (Å²) in [6, 6.07) is 18.4. The van der Waals surface area contributed by atoms with Gasteiger partial charge in [0, 0.05) is 21.8 Å². The van der Waals surface area contributed by atoms with Crippen LogP contribution in [0.1, 0.15) is 23.6 Å². The number of anilines is 2. The average Bonchev–Trinajstić information content (AvgIpc) is 2.87. The highest BCUT2D eigenvalue weighted by atomic mass is 35.5. The number of nitrogens with one attached hydrogen (secondary N) is 1. The Kier molecular flexibility index (Phi) is 6.06. The van der Waals surface area contributed by atoms with Gasteiger partial charge in [0.15, 0.2) is 0 Å². The number of hydrogen-bond donors (Lipinski definition) is 1. The van der Waals surface area contributed by atoms with Crippen molar-refractivity contribution in [3.8, 4) is 0 Å². The summed E-state index contributed by atoms with van der Waals surface area (Å²) in [6.45, 7) is 3.09. The van der Waals surface area contributed by atoms with Gasteiger partial charge in [0.1, 0.15) is 18.4 Å². The van der Waals surface area contributed by atoms with Gasteiger partial charge in [-0.2, -0.15) is 0 Å². The molecular formula is C25H21ClFN3O2. The molecule has 5 nitrogen and oxygen atoms in total. The van der Waals surface area contributed by atoms with E-state index in [0.29, 0.717) is 33.2 Å². The van der Waals surface area contributed by atoms with Gasteiger partial charge < -0.3 is 10.2 Å². The fourth-order valence-corrected chi connectivity index (χ4v) is 3.77. The molecule has 1 heterocycles. The molecule has 0 radical (unpaired) electrons. The second-order valence-electron chi connectivity index (χ2n) is 7.62. The third-order valence-electron chi connectivity index (χ3n) is 5.26. The molecule has 3 aromatic rings. The second-order valence-corrected chi connectivity index (χ2v) is 8.05. The number of aryl methyl sites for hydroxylation is 1. The van der Waals surface area contributed by atoms with Crippen LogP contribution in [0, 0.1) is 12.7 Å². The number of aliphatic imine (C=N–C) groups is 1. The Morgan fingerprint density at radius 2 is 1.88 bits per heavy atom. The van der Waals surface area contributed by atoms with Crippen LogP contribution >= 0.6 is 11.6 Å². The van der Waals surface area contributed by atoms with Crippen LogP contribution in [-0.2, 0) is 9.59 Å². The van der Waals surface area contributed by atoms with Crippen LogP contribution in [0.4, 0.5) is 15.8 Å². The van der Waals surface area contributed by atoms with E-state index in [9.17, 15) is 14.0 Å². The first-order valence-corrected chi connectivity index (χ1v) is 10.5. The van der Waals surface area contributed by atoms with Gasteiger partial charge in [-0.25, -0.2) is 4.39 Å². The van der Waals surface area contributed by atoms with Crippen molar-refractivity contribution < 1.29 is 14.0 Å². The van der Waals surface area contributed by atoms with Gasteiger partial charge in [0.05, 0.1) is 11.4 Å². The van der Waals surface area contributed by atoms with Crippen molar-refractivity contribution in [1.82, 2.24) is 0 Å². The standard InChI is InChI=1S/C25H21ClFN3O2/c1-15-8-10-19(13-21(15)27)29-23(31)14-30-22-11-9-18(26)12-20(22)24(28-16(2)25(30)32)17-6-4-3-5-7-17/h3-13,16H,14H2,1-2H3,(H,29,31)/t16-/m1/s1. The molecule has 32 heavy (non-hydrogen) atoms. The van der Waals surface area contributed by atoms with Gasteiger partial charge >= 0.3 is 0 Å². The lowest BCUT2D eigenvalue weighted by molar-refractivity contribution is -0.122. The van der Waals surface area contributed by atoms with E-state index in [-0.39, 0.29) is 12.5 Å². The maximum atomic E-state index is 13.9. The molecule has 0 saturated carbocycles. The minimum atomic E-state index is -0.707. The minimum Gasteiger partial charge on any atom is -0.324 e. The lowest BCUT2D eigenvalue weighted by Gasteiger charge is -2.24. The first kappa shape index (κ1) is 21.7. The molecule has 1 aliphatic rings. The van der Waals surface area contributed by atoms with E-state index in [1.54, 1.807) is 44.2 Å². The van der Waals surface area contributed by atoms with Crippen molar-refractivity contribution in [3.63, 3.8) is 0 Å². The van der Waals surface area contributed by atoms with Crippen LogP contribution in [0.25, 0.3) is 0 Å². The lowest BCUT2D eigenvalue weighted by atomic mass is 10.00. The van der Waals surface area contributed by atoms with E-state index in [1.165, 1.54) is 11.0 Å². The van der Waals surface area contributed by atoms with Crippen LogP contribution in [0.3, 0.4) is 0 Å². The summed E-state index contributed by atoms with van der Waals surface area (Å²) in [6.07, 6.45) is 0. The Balaban J connectivity index is 1.70. The molecule has 7 heteroatoms. The summed E-state index contributed by atoms with van der Waals surface area (Å²) >= 11 is 6.27. The zero-order chi connectivity index (χ0) is 22.8. The Bertz CT molecular complexity index is 1230. The van der Waals surface area contributed by atoms with Crippen LogP contribution < -0.4 is 10.2 Å². The maximum Gasteiger partial charge on any atom is 0.252 e. The maximum absolute atomic E-state index is 13.9. The summed E-state index contributed by atoms with van der Waals surface area (Å²) in [7, 11) is 0. The number of rotatable bonds is 4. The number of hydrogen-bond acceptors (Lipinski definition) is 3. The molecule has 1 atom stereocenters. The molecule has 162 valence electrons. The monoisotopic (exact) mass is 449 g/mol. The Labute approximate surface area is 190 Å². The normalized spacial score (nSPS) is 15.6. The number of carbonyl (C=O) groups is 2. The highest BCUT2D eigenvalue weighted by Crippen LogP contribution is 2.31. The number of benzene rings is 3. The molecule has 0 fully saturated rings. The first-order chi connectivity index (χ1) is 15.3. The minimum absolute atomic E-state index is 0.245. The van der Waals surface area contributed by atoms with Gasteiger partial charge in [-0.1, -0.05) is 48.0 Å². The lowest BCUT2D eigenvalue weighted by Crippen LogP contribution is -2.42. The van der Waals surface area contributed by atoms with Gasteiger partial charge in [-0.3, -0.25) is 14.6 Å². The van der Waals surface area contributed by atoms with Crippen molar-refractivity contribution in [3.05, 3.63) is 94.3 Å². The first-order valence-electron chi connectivity index (χ1n) is 10.1. The number of nitrogens with zero attached hydrogens (tertiary/aromatic N) is 2. The molecule has 4 rings (SSSR count). The summed E-state index contributed by atoms with van der Waals surface area (Å²) in [5, 5.41) is 3.16. The summed E-state index contributed by atoms with van der Waals surface area (Å²) in [5.74, 6) is -1.18. The topological polar surface area (TPSA) is 61.8 Å². The van der Waals surface area contributed by atoms with E-state index in [1.807, 2.05) is 30.3 Å². The molecule has 0 aromatic heterocycles. The number of amides is 2. The van der Waals surface area contributed by atoms with Gasteiger partial charge in [0.25, 0.3) is 5.91 Å². The second kappa shape index (κ2) is 8.93. The molecule has 0 spiro atoms. The fourth-order valence-electron chi connectivity index (χ4n) is 3.60. The summed E-state index contributed by atoms with van der Waals surface area (Å²) < 4.78 is 13.9. The average molecular weight is 450 g/mol. The number of carbonyl (C=O) groups excluding carboxylic acids is 2. The Morgan fingerprint density at radius 1 is 1.12 bits per heavy atom. The largest absolute Gasteiger partial charge is 0.324 e. The van der Waals surface area contributed by atoms with E-state index in [2.05, 4.69) is 10.3 Å². The summed E-state index contributed by atoms with van der Waals surface area (Å²) in [5.41, 5.74) is 3.48. The number of benzodiazepines with no additional fused rings is 1. The molecular weight excluding hydrogens is 429 g/mol. The molecule has 0 aliphatic carbocycles. The SMILES string of the molecule is Cc1ccc(NC(=O)CN2C(=O)[C@@H](C)N=C(c3ccccc3)c3cc(Cl)ccc32)cc1F. The third-order valence-corrected chi connectivity index (χ3v) is 5.49. The highest BCUT2D eigenvalue weighted by Gasteiger charge is 2.31. The molecule has 2 amide bonds. The van der Waals surface area contributed by atoms with Crippen LogP contribution in [-0.4, -0.2) is 30.1 Å². The van der Waals surface area contributed by atoms with Crippen molar-refractivity contribution in [1.29, 1.82) is 0 Å². The molecule has 0 unspecified atom stereocenters. The van der Waals surface area contributed by atoms with E-state index in [0.717, 1.165) is 5.56 Å². The molecule has 0 saturated heterocycles. The van der Waals surface area contributed by atoms with Gasteiger partial charge in [0.2, 0.25) is 5.91 Å². The van der Waals surface area contributed by atoms with Crippen LogP contribution in [0.5, 0.6) is 0 Å². The zero-order valence-electron chi connectivity index (χ0n) is 17.6. The van der Waals surface area contributed by atoms with Crippen LogP contribution in [0.15, 0.2) is 71.7 Å². The van der Waals surface area contributed by atoms with Crippen molar-refractivity contribution in [2.75, 3.05) is 16.8 Å². The van der Waals surface area contributed by atoms with Crippen molar-refractivity contribution >= 4 is 40.5 Å². The summed E-state index contributed by atoms with van der Waals surface area (Å²) in [4.78, 5) is 32.0. The number of fused-ring (bicyclic) bond motifs is 1. The Hall–Kier alpha value is -3.51. The molecule has 1 N–H and O–H groups in total. The predicted octanol–water partition coefficient (Wildman–Crippen LogP) is 5.00. The van der Waals surface area contributed by atoms with Gasteiger partial charge in [-0.15, -0.1) is 0 Å². The molecule has 3 aromatic carbocycles. The fraction of sp³-hybridized carbons (Fsp3) is 0.160. The highest BCUT2D eigenvalue weighted by molar-refractivity contribution is 6.32. The van der Waals surface area contributed by atoms with Crippen LogP contribution in [0.2, 0.25) is 5.02 Å². The van der Waals surface area contributed by atoms with Crippen molar-refractivity contribution in [2.45, 2.75) is 19.9 Å². The zero-order valence-corrected chi connectivity index (χ0v) is 18.4. The Morgan fingerprint density at radius 3 is 2.59 bits per heavy atom. The van der Waals surface area contributed by atoms with E-state index < -0.39 is 17.8 Å². The molecule has 1 aliphatic heterocycles. The van der Waals surface area contributed by atoms with Crippen molar-refractivity contribution in [2.24, 2.45) is 4.99 Å². The van der Waals surface area contributed by atoms with E-state index >= 15 is 0 Å². The predicted molar refractivity (Wildman–Crippen MR) is 125 cm³/mol. The number of halogens is 2. The molecule has 0 bridgehead atoms. The van der Waals surface area contributed by atoms with Gasteiger partial charge in [-0.05, 0) is 49.7 Å². The smallest absolute Gasteiger partial charge is 0.252 e. The quantitative estimate of drug-likeness (QED) is 0.609.